The van der Waals surface area contributed by atoms with Gasteiger partial charge in [-0.25, -0.2) is 0 Å². The molecule has 0 aliphatic rings. The number of halogens is 2. The molecule has 2 rings (SSSR count). The van der Waals surface area contributed by atoms with E-state index in [-0.39, 0.29) is 21.4 Å². The summed E-state index contributed by atoms with van der Waals surface area (Å²) in [6.45, 7) is 2.23. The maximum absolute atomic E-state index is 12.2. The van der Waals surface area contributed by atoms with Crippen molar-refractivity contribution in [3.8, 4) is 11.5 Å². The molecule has 0 fully saturated rings. The molecule has 0 aromatic heterocycles. The lowest BCUT2D eigenvalue weighted by Gasteiger charge is -2.11. The lowest BCUT2D eigenvalue weighted by atomic mass is 10.2. The van der Waals surface area contributed by atoms with Crippen molar-refractivity contribution in [3.05, 3.63) is 52.0 Å². The first-order chi connectivity index (χ1) is 10.0. The highest BCUT2D eigenvalue weighted by Gasteiger charge is 2.15. The van der Waals surface area contributed by atoms with Crippen LogP contribution in [0.15, 0.2) is 36.4 Å². The van der Waals surface area contributed by atoms with E-state index in [0.29, 0.717) is 18.0 Å². The highest BCUT2D eigenvalue weighted by atomic mass is 35.5. The van der Waals surface area contributed by atoms with Gasteiger partial charge in [0.15, 0.2) is 5.75 Å². The Balaban J connectivity index is 2.26. The molecule has 0 saturated heterocycles. The summed E-state index contributed by atoms with van der Waals surface area (Å²) in [4.78, 5) is 12.2. The van der Waals surface area contributed by atoms with E-state index < -0.39 is 5.91 Å². The zero-order chi connectivity index (χ0) is 15.4. The van der Waals surface area contributed by atoms with Gasteiger partial charge in [0, 0.05) is 5.56 Å². The van der Waals surface area contributed by atoms with Crippen LogP contribution in [-0.4, -0.2) is 17.6 Å². The molecular weight excluding hydrogens is 313 g/mol. The molecule has 0 aliphatic carbocycles. The van der Waals surface area contributed by atoms with Gasteiger partial charge in [-0.05, 0) is 31.2 Å². The quantitative estimate of drug-likeness (QED) is 0.821. The number of phenolic OH excluding ortho intramolecular Hbond substituents is 1. The number of ether oxygens (including phenoxy) is 1. The molecule has 6 heteroatoms. The summed E-state index contributed by atoms with van der Waals surface area (Å²) >= 11 is 12.1. The molecule has 0 saturated carbocycles. The van der Waals surface area contributed by atoms with Crippen molar-refractivity contribution in [3.63, 3.8) is 0 Å². The number of nitrogens with one attached hydrogen (secondary N) is 1. The third-order valence-electron chi connectivity index (χ3n) is 2.70. The van der Waals surface area contributed by atoms with E-state index in [4.69, 9.17) is 27.9 Å². The number of carbonyl (C=O) groups excluding carboxylic acids is 1. The van der Waals surface area contributed by atoms with E-state index in [1.807, 2.05) is 6.92 Å². The number of amides is 1. The highest BCUT2D eigenvalue weighted by molar-refractivity contribution is 6.37. The minimum Gasteiger partial charge on any atom is -0.506 e. The number of hydrogen-bond acceptors (Lipinski definition) is 3. The number of carbonyl (C=O) groups is 1. The second-order valence-electron chi connectivity index (χ2n) is 4.17. The number of aromatic hydroxyl groups is 1. The Morgan fingerprint density at radius 2 is 1.86 bits per heavy atom. The van der Waals surface area contributed by atoms with Crippen molar-refractivity contribution in [2.75, 3.05) is 11.9 Å². The lowest BCUT2D eigenvalue weighted by molar-refractivity contribution is 0.102. The fourth-order valence-electron chi connectivity index (χ4n) is 1.75. The van der Waals surface area contributed by atoms with Crippen molar-refractivity contribution >= 4 is 34.8 Å². The predicted octanol–water partition coefficient (Wildman–Crippen LogP) is 4.35. The normalized spacial score (nSPS) is 10.2. The smallest absolute Gasteiger partial charge is 0.255 e. The Morgan fingerprint density at radius 3 is 2.43 bits per heavy atom. The van der Waals surface area contributed by atoms with E-state index in [2.05, 4.69) is 5.32 Å². The number of para-hydroxylation sites is 2. The molecule has 0 aliphatic heterocycles. The first kappa shape index (κ1) is 15.5. The fraction of sp³-hybridized carbons (Fsp3) is 0.133. The Labute approximate surface area is 132 Å². The van der Waals surface area contributed by atoms with Gasteiger partial charge in [-0.15, -0.1) is 0 Å². The molecule has 0 heterocycles. The summed E-state index contributed by atoms with van der Waals surface area (Å²) in [5, 5.41) is 12.7. The van der Waals surface area contributed by atoms with Gasteiger partial charge in [0.05, 0.1) is 22.3 Å². The minimum atomic E-state index is -0.427. The monoisotopic (exact) mass is 325 g/mol. The molecule has 1 amide bonds. The van der Waals surface area contributed by atoms with Crippen molar-refractivity contribution in [1.29, 1.82) is 0 Å². The average Bonchev–Trinajstić information content (AvgIpc) is 2.45. The van der Waals surface area contributed by atoms with Gasteiger partial charge in [-0.1, -0.05) is 35.3 Å². The van der Waals surface area contributed by atoms with Crippen LogP contribution in [0, 0.1) is 0 Å². The van der Waals surface area contributed by atoms with Gasteiger partial charge < -0.3 is 15.2 Å². The molecule has 4 nitrogen and oxygen atoms in total. The Kier molecular flexibility index (Phi) is 4.94. The third kappa shape index (κ3) is 3.60. The first-order valence-corrected chi connectivity index (χ1v) is 6.99. The van der Waals surface area contributed by atoms with E-state index in [1.54, 1.807) is 18.2 Å². The second-order valence-corrected chi connectivity index (χ2v) is 4.99. The van der Waals surface area contributed by atoms with Crippen LogP contribution in [0.1, 0.15) is 17.3 Å². The summed E-state index contributed by atoms with van der Waals surface area (Å²) in [6, 6.07) is 9.36. The van der Waals surface area contributed by atoms with Gasteiger partial charge in [0.1, 0.15) is 5.75 Å². The fourth-order valence-corrected chi connectivity index (χ4v) is 2.34. The van der Waals surface area contributed by atoms with E-state index in [0.717, 1.165) is 0 Å². The Hall–Kier alpha value is -1.91. The SMILES string of the molecule is CCOc1c(Cl)cc(C(=O)Nc2ccccc2O)cc1Cl. The minimum absolute atomic E-state index is 0.0195. The summed E-state index contributed by atoms with van der Waals surface area (Å²) in [7, 11) is 0. The zero-order valence-electron chi connectivity index (χ0n) is 11.2. The molecular formula is C15H13Cl2NO3. The predicted molar refractivity (Wildman–Crippen MR) is 83.7 cm³/mol. The second kappa shape index (κ2) is 6.70. The highest BCUT2D eigenvalue weighted by Crippen LogP contribution is 2.34. The molecule has 110 valence electrons. The molecule has 0 radical (unpaired) electrons. The van der Waals surface area contributed by atoms with E-state index in [1.165, 1.54) is 18.2 Å². The molecule has 2 aromatic rings. The number of benzene rings is 2. The standard InChI is InChI=1S/C15H13Cl2NO3/c1-2-21-14-10(16)7-9(8-11(14)17)15(20)18-12-5-3-4-6-13(12)19/h3-8,19H,2H2,1H3,(H,18,20). The number of hydrogen-bond donors (Lipinski definition) is 2. The largest absolute Gasteiger partial charge is 0.506 e. The summed E-state index contributed by atoms with van der Waals surface area (Å²) in [5.74, 6) is -0.0997. The van der Waals surface area contributed by atoms with E-state index >= 15 is 0 Å². The molecule has 0 atom stereocenters. The van der Waals surface area contributed by atoms with Gasteiger partial charge in [0.2, 0.25) is 0 Å². The van der Waals surface area contributed by atoms with Crippen LogP contribution in [0.5, 0.6) is 11.5 Å². The molecule has 0 bridgehead atoms. The number of anilines is 1. The van der Waals surface area contributed by atoms with Gasteiger partial charge in [-0.3, -0.25) is 4.79 Å². The summed E-state index contributed by atoms with van der Waals surface area (Å²) < 4.78 is 5.30. The van der Waals surface area contributed by atoms with Crippen LogP contribution in [0.3, 0.4) is 0 Å². The molecule has 2 N–H and O–H groups in total. The van der Waals surface area contributed by atoms with Crippen LogP contribution in [0.25, 0.3) is 0 Å². The Bertz CT molecular complexity index is 651. The maximum Gasteiger partial charge on any atom is 0.255 e. The lowest BCUT2D eigenvalue weighted by Crippen LogP contribution is -2.12. The zero-order valence-corrected chi connectivity index (χ0v) is 12.7. The van der Waals surface area contributed by atoms with Crippen LogP contribution in [0.4, 0.5) is 5.69 Å². The molecule has 2 aromatic carbocycles. The van der Waals surface area contributed by atoms with Crippen LogP contribution in [0.2, 0.25) is 10.0 Å². The third-order valence-corrected chi connectivity index (χ3v) is 3.26. The average molecular weight is 326 g/mol. The van der Waals surface area contributed by atoms with Crippen LogP contribution in [-0.2, 0) is 0 Å². The summed E-state index contributed by atoms with van der Waals surface area (Å²) in [5.41, 5.74) is 0.584. The van der Waals surface area contributed by atoms with Gasteiger partial charge in [-0.2, -0.15) is 0 Å². The van der Waals surface area contributed by atoms with Crippen LogP contribution >= 0.6 is 23.2 Å². The molecule has 21 heavy (non-hydrogen) atoms. The number of phenols is 1. The van der Waals surface area contributed by atoms with Gasteiger partial charge >= 0.3 is 0 Å². The number of rotatable bonds is 4. The molecule has 0 spiro atoms. The van der Waals surface area contributed by atoms with Crippen molar-refractivity contribution in [2.45, 2.75) is 6.92 Å². The Morgan fingerprint density at radius 1 is 1.24 bits per heavy atom. The van der Waals surface area contributed by atoms with Crippen molar-refractivity contribution < 1.29 is 14.6 Å². The van der Waals surface area contributed by atoms with E-state index in [9.17, 15) is 9.90 Å². The molecule has 0 unspecified atom stereocenters. The maximum atomic E-state index is 12.2. The van der Waals surface area contributed by atoms with Crippen LogP contribution < -0.4 is 10.1 Å². The summed E-state index contributed by atoms with van der Waals surface area (Å²) in [6.07, 6.45) is 0. The van der Waals surface area contributed by atoms with Crippen molar-refractivity contribution in [2.24, 2.45) is 0 Å². The van der Waals surface area contributed by atoms with Gasteiger partial charge in [0.25, 0.3) is 5.91 Å². The topological polar surface area (TPSA) is 58.6 Å². The van der Waals surface area contributed by atoms with Crippen molar-refractivity contribution in [1.82, 2.24) is 0 Å². The first-order valence-electron chi connectivity index (χ1n) is 6.24.